The van der Waals surface area contributed by atoms with Gasteiger partial charge in [0.2, 0.25) is 5.91 Å². The lowest BCUT2D eigenvalue weighted by Crippen LogP contribution is -2.23. The van der Waals surface area contributed by atoms with Crippen molar-refractivity contribution in [3.8, 4) is 0 Å². The van der Waals surface area contributed by atoms with E-state index in [0.717, 1.165) is 34.6 Å². The van der Waals surface area contributed by atoms with Crippen LogP contribution in [-0.2, 0) is 24.8 Å². The Balaban J connectivity index is 1.86. The van der Waals surface area contributed by atoms with Gasteiger partial charge in [-0.05, 0) is 50.8 Å². The minimum atomic E-state index is 0.0564. The lowest BCUT2D eigenvalue weighted by atomic mass is 10.1. The van der Waals surface area contributed by atoms with Crippen LogP contribution in [0, 0.1) is 27.7 Å². The van der Waals surface area contributed by atoms with E-state index in [1.807, 2.05) is 45.6 Å². The van der Waals surface area contributed by atoms with Crippen LogP contribution in [-0.4, -0.2) is 20.7 Å². The molecule has 0 aliphatic carbocycles. The summed E-state index contributed by atoms with van der Waals surface area (Å²) in [6.45, 7) is 8.56. The van der Waals surface area contributed by atoms with Crippen molar-refractivity contribution in [3.05, 3.63) is 46.0 Å². The van der Waals surface area contributed by atoms with Gasteiger partial charge in [0.15, 0.2) is 0 Å². The molecule has 1 N–H and O–H groups in total. The summed E-state index contributed by atoms with van der Waals surface area (Å²) in [6.07, 6.45) is 3.02. The zero-order valence-electron chi connectivity index (χ0n) is 14.0. The second-order valence-corrected chi connectivity index (χ2v) is 5.80. The fourth-order valence-electron chi connectivity index (χ4n) is 2.50. The van der Waals surface area contributed by atoms with Gasteiger partial charge in [-0.25, -0.2) is 0 Å². The fraction of sp³-hybridized carbons (Fsp3) is 0.471. The second kappa shape index (κ2) is 6.73. The molecule has 5 nitrogen and oxygen atoms in total. The predicted molar refractivity (Wildman–Crippen MR) is 86.6 cm³/mol. The van der Waals surface area contributed by atoms with Gasteiger partial charge in [-0.1, -0.05) is 6.07 Å². The van der Waals surface area contributed by atoms with E-state index in [4.69, 9.17) is 0 Å². The van der Waals surface area contributed by atoms with Crippen LogP contribution < -0.4 is 5.32 Å². The molecule has 0 saturated carbocycles. The largest absolute Gasteiger partial charge is 0.352 e. The number of nitrogens with zero attached hydrogens (tertiary/aromatic N) is 3. The molecule has 2 heterocycles. The van der Waals surface area contributed by atoms with E-state index in [1.165, 1.54) is 5.56 Å². The van der Waals surface area contributed by atoms with Crippen molar-refractivity contribution in [2.24, 2.45) is 7.05 Å². The smallest absolute Gasteiger partial charge is 0.220 e. The molecule has 0 aliphatic heterocycles. The summed E-state index contributed by atoms with van der Waals surface area (Å²) in [5, 5.41) is 7.33. The van der Waals surface area contributed by atoms with Gasteiger partial charge in [0, 0.05) is 37.6 Å². The fourth-order valence-corrected chi connectivity index (χ4v) is 2.50. The van der Waals surface area contributed by atoms with Crippen molar-refractivity contribution in [1.82, 2.24) is 20.1 Å². The number of hydrogen-bond acceptors (Lipinski definition) is 3. The number of pyridine rings is 1. The van der Waals surface area contributed by atoms with E-state index in [9.17, 15) is 4.79 Å². The standard InChI is InChI=1S/C17H24N4O/c1-11-8-15(9-18-12(11)2)10-19-17(22)7-6-16-13(3)20-21(5)14(16)4/h8-9H,6-7,10H2,1-5H3,(H,19,22). The summed E-state index contributed by atoms with van der Waals surface area (Å²) >= 11 is 0. The quantitative estimate of drug-likeness (QED) is 0.921. The number of carbonyl (C=O) groups excluding carboxylic acids is 1. The number of hydrogen-bond donors (Lipinski definition) is 1. The molecule has 0 saturated heterocycles. The van der Waals surface area contributed by atoms with Crippen LogP contribution in [0.3, 0.4) is 0 Å². The first-order valence-electron chi connectivity index (χ1n) is 7.56. The molecule has 0 bridgehead atoms. The van der Waals surface area contributed by atoms with Crippen molar-refractivity contribution in [1.29, 1.82) is 0 Å². The van der Waals surface area contributed by atoms with Crippen LogP contribution in [0.5, 0.6) is 0 Å². The molecule has 0 fully saturated rings. The van der Waals surface area contributed by atoms with Crippen molar-refractivity contribution >= 4 is 5.91 Å². The van der Waals surface area contributed by atoms with Crippen LogP contribution >= 0.6 is 0 Å². The van der Waals surface area contributed by atoms with Gasteiger partial charge in [-0.15, -0.1) is 0 Å². The Morgan fingerprint density at radius 3 is 2.55 bits per heavy atom. The highest BCUT2D eigenvalue weighted by Gasteiger charge is 2.11. The Labute approximate surface area is 131 Å². The summed E-state index contributed by atoms with van der Waals surface area (Å²) in [6, 6.07) is 2.07. The lowest BCUT2D eigenvalue weighted by Gasteiger charge is -2.07. The van der Waals surface area contributed by atoms with E-state index >= 15 is 0 Å². The van der Waals surface area contributed by atoms with Gasteiger partial charge in [-0.2, -0.15) is 5.10 Å². The van der Waals surface area contributed by atoms with Crippen LogP contribution in [0.1, 0.15) is 40.2 Å². The van der Waals surface area contributed by atoms with Gasteiger partial charge in [0.25, 0.3) is 0 Å². The first-order chi connectivity index (χ1) is 10.4. The highest BCUT2D eigenvalue weighted by atomic mass is 16.1. The van der Waals surface area contributed by atoms with E-state index in [2.05, 4.69) is 21.5 Å². The topological polar surface area (TPSA) is 59.8 Å². The molecule has 0 aliphatic rings. The van der Waals surface area contributed by atoms with Crippen molar-refractivity contribution in [2.45, 2.75) is 47.1 Å². The first kappa shape index (κ1) is 16.2. The van der Waals surface area contributed by atoms with Gasteiger partial charge in [0.05, 0.1) is 5.69 Å². The lowest BCUT2D eigenvalue weighted by molar-refractivity contribution is -0.121. The normalized spacial score (nSPS) is 10.8. The van der Waals surface area contributed by atoms with E-state index in [0.29, 0.717) is 13.0 Å². The molecule has 2 rings (SSSR count). The zero-order valence-corrected chi connectivity index (χ0v) is 14.0. The predicted octanol–water partition coefficient (Wildman–Crippen LogP) is 2.30. The third kappa shape index (κ3) is 3.72. The molecule has 0 unspecified atom stereocenters. The Morgan fingerprint density at radius 1 is 1.23 bits per heavy atom. The maximum Gasteiger partial charge on any atom is 0.220 e. The SMILES string of the molecule is Cc1cc(CNC(=O)CCc2c(C)nn(C)c2C)cnc1C. The molecule has 0 spiro atoms. The van der Waals surface area contributed by atoms with Crippen molar-refractivity contribution in [2.75, 3.05) is 0 Å². The average molecular weight is 300 g/mol. The third-order valence-corrected chi connectivity index (χ3v) is 4.15. The number of nitrogens with one attached hydrogen (secondary N) is 1. The third-order valence-electron chi connectivity index (χ3n) is 4.15. The van der Waals surface area contributed by atoms with Gasteiger partial charge < -0.3 is 5.32 Å². The Kier molecular flexibility index (Phi) is 4.96. The Hall–Kier alpha value is -2.17. The summed E-state index contributed by atoms with van der Waals surface area (Å²) in [5.74, 6) is 0.0564. The zero-order chi connectivity index (χ0) is 16.3. The number of aryl methyl sites for hydroxylation is 4. The first-order valence-corrected chi connectivity index (χ1v) is 7.56. The number of aromatic nitrogens is 3. The highest BCUT2D eigenvalue weighted by Crippen LogP contribution is 2.14. The van der Waals surface area contributed by atoms with Crippen molar-refractivity contribution < 1.29 is 4.79 Å². The maximum absolute atomic E-state index is 12.0. The Morgan fingerprint density at radius 2 is 1.95 bits per heavy atom. The molecular weight excluding hydrogens is 276 g/mol. The van der Waals surface area contributed by atoms with Crippen LogP contribution in [0.4, 0.5) is 0 Å². The Bertz CT molecular complexity index is 688. The van der Waals surface area contributed by atoms with Crippen molar-refractivity contribution in [3.63, 3.8) is 0 Å². The van der Waals surface area contributed by atoms with E-state index in [-0.39, 0.29) is 5.91 Å². The molecule has 2 aromatic heterocycles. The molecule has 22 heavy (non-hydrogen) atoms. The van der Waals surface area contributed by atoms with Crippen LogP contribution in [0.15, 0.2) is 12.3 Å². The number of carbonyl (C=O) groups is 1. The van der Waals surface area contributed by atoms with Gasteiger partial charge in [0.1, 0.15) is 0 Å². The summed E-state index contributed by atoms with van der Waals surface area (Å²) in [4.78, 5) is 16.3. The molecule has 118 valence electrons. The summed E-state index contributed by atoms with van der Waals surface area (Å²) < 4.78 is 1.86. The molecular formula is C17H24N4O. The molecule has 2 aromatic rings. The minimum Gasteiger partial charge on any atom is -0.352 e. The molecule has 5 heteroatoms. The van der Waals surface area contributed by atoms with E-state index < -0.39 is 0 Å². The molecule has 0 radical (unpaired) electrons. The van der Waals surface area contributed by atoms with Crippen LogP contribution in [0.25, 0.3) is 0 Å². The second-order valence-electron chi connectivity index (χ2n) is 5.80. The number of rotatable bonds is 5. The van der Waals surface area contributed by atoms with E-state index in [1.54, 1.807) is 0 Å². The van der Waals surface area contributed by atoms with Crippen LogP contribution in [0.2, 0.25) is 0 Å². The highest BCUT2D eigenvalue weighted by molar-refractivity contribution is 5.76. The average Bonchev–Trinajstić information content (AvgIpc) is 2.71. The molecule has 1 amide bonds. The molecule has 0 atom stereocenters. The maximum atomic E-state index is 12.0. The molecule has 0 aromatic carbocycles. The minimum absolute atomic E-state index is 0.0564. The van der Waals surface area contributed by atoms with Gasteiger partial charge in [-0.3, -0.25) is 14.5 Å². The monoisotopic (exact) mass is 300 g/mol. The summed E-state index contributed by atoms with van der Waals surface area (Å²) in [7, 11) is 1.93. The number of amides is 1. The van der Waals surface area contributed by atoms with Gasteiger partial charge >= 0.3 is 0 Å². The summed E-state index contributed by atoms with van der Waals surface area (Å²) in [5.41, 5.74) is 6.51.